The largest absolute Gasteiger partial charge is 0.390 e. The van der Waals surface area contributed by atoms with Gasteiger partial charge in [-0.2, -0.15) is 0 Å². The summed E-state index contributed by atoms with van der Waals surface area (Å²) in [5.74, 6) is 0. The summed E-state index contributed by atoms with van der Waals surface area (Å²) in [4.78, 5) is 2.49. The van der Waals surface area contributed by atoms with Gasteiger partial charge in [0.25, 0.3) is 0 Å². The second kappa shape index (κ2) is 4.17. The Hall–Kier alpha value is -0.120. The number of hydrogen-bond acceptors (Lipinski definition) is 3. The second-order valence-electron chi connectivity index (χ2n) is 4.90. The molecule has 0 aromatic carbocycles. The fourth-order valence-electron chi connectivity index (χ4n) is 2.25. The third-order valence-corrected chi connectivity index (χ3v) is 3.63. The smallest absolute Gasteiger partial charge is 0.0662 e. The summed E-state index contributed by atoms with van der Waals surface area (Å²) in [6.45, 7) is 3.45. The minimum Gasteiger partial charge on any atom is -0.390 e. The van der Waals surface area contributed by atoms with Crippen LogP contribution in [0.4, 0.5) is 0 Å². The number of rotatable bonds is 4. The molecular formula is C11H22N2O. The summed E-state index contributed by atoms with van der Waals surface area (Å²) in [6, 6.07) is 0.664. The third-order valence-electron chi connectivity index (χ3n) is 3.63. The Morgan fingerprint density at radius 3 is 2.93 bits per heavy atom. The van der Waals surface area contributed by atoms with Crippen LogP contribution in [0.3, 0.4) is 0 Å². The van der Waals surface area contributed by atoms with Crippen LogP contribution in [0.25, 0.3) is 0 Å². The Kier molecular flexibility index (Phi) is 3.10. The lowest BCUT2D eigenvalue weighted by Gasteiger charge is -2.32. The highest BCUT2D eigenvalue weighted by Gasteiger charge is 2.40. The van der Waals surface area contributed by atoms with E-state index in [9.17, 15) is 5.11 Å². The minimum atomic E-state index is -0.271. The molecule has 1 aliphatic carbocycles. The van der Waals surface area contributed by atoms with Gasteiger partial charge < -0.3 is 15.3 Å². The molecule has 2 fully saturated rings. The third kappa shape index (κ3) is 2.69. The van der Waals surface area contributed by atoms with Gasteiger partial charge in [0.15, 0.2) is 0 Å². The van der Waals surface area contributed by atoms with Crippen LogP contribution in [0.5, 0.6) is 0 Å². The van der Waals surface area contributed by atoms with Crippen molar-refractivity contribution in [3.05, 3.63) is 0 Å². The summed E-state index contributed by atoms with van der Waals surface area (Å²) in [5.41, 5.74) is -0.271. The van der Waals surface area contributed by atoms with Crippen LogP contribution >= 0.6 is 0 Å². The molecule has 0 radical (unpaired) electrons. The number of nitrogens with one attached hydrogen (secondary N) is 1. The van der Waals surface area contributed by atoms with Crippen molar-refractivity contribution in [2.75, 3.05) is 26.7 Å². The lowest BCUT2D eigenvalue weighted by Crippen LogP contribution is -2.45. The molecule has 3 nitrogen and oxygen atoms in total. The fraction of sp³-hybridized carbons (Fsp3) is 1.00. The first-order chi connectivity index (χ1) is 6.72. The number of nitrogens with zero attached hydrogens (tertiary/aromatic N) is 1. The van der Waals surface area contributed by atoms with Crippen LogP contribution in [-0.4, -0.2) is 48.3 Å². The van der Waals surface area contributed by atoms with Crippen molar-refractivity contribution in [2.24, 2.45) is 0 Å². The number of piperidine rings is 1. The van der Waals surface area contributed by atoms with E-state index in [4.69, 9.17) is 0 Å². The van der Waals surface area contributed by atoms with E-state index in [2.05, 4.69) is 10.2 Å². The first kappa shape index (κ1) is 10.4. The average molecular weight is 198 g/mol. The lowest BCUT2D eigenvalue weighted by molar-refractivity contribution is 0.107. The van der Waals surface area contributed by atoms with Crippen LogP contribution < -0.4 is 5.32 Å². The van der Waals surface area contributed by atoms with Gasteiger partial charge in [-0.1, -0.05) is 0 Å². The highest BCUT2D eigenvalue weighted by atomic mass is 16.3. The maximum atomic E-state index is 9.74. The van der Waals surface area contributed by atoms with Crippen LogP contribution in [0.1, 0.15) is 32.1 Å². The average Bonchev–Trinajstić information content (AvgIpc) is 2.95. The van der Waals surface area contributed by atoms with E-state index in [0.717, 1.165) is 32.4 Å². The van der Waals surface area contributed by atoms with E-state index in [1.165, 1.54) is 19.4 Å². The monoisotopic (exact) mass is 198 g/mol. The summed E-state index contributed by atoms with van der Waals surface area (Å²) in [5, 5.41) is 13.1. The van der Waals surface area contributed by atoms with Crippen LogP contribution in [-0.2, 0) is 0 Å². The molecule has 3 heteroatoms. The van der Waals surface area contributed by atoms with Crippen molar-refractivity contribution in [3.8, 4) is 0 Å². The maximum Gasteiger partial charge on any atom is 0.0662 e. The van der Waals surface area contributed by atoms with Crippen molar-refractivity contribution in [3.63, 3.8) is 0 Å². The molecule has 1 saturated heterocycles. The van der Waals surface area contributed by atoms with E-state index in [0.29, 0.717) is 6.04 Å². The molecule has 0 aromatic heterocycles. The molecule has 14 heavy (non-hydrogen) atoms. The van der Waals surface area contributed by atoms with Crippen molar-refractivity contribution in [1.82, 2.24) is 10.2 Å². The van der Waals surface area contributed by atoms with E-state index in [-0.39, 0.29) is 5.60 Å². The van der Waals surface area contributed by atoms with E-state index >= 15 is 0 Å². The number of aliphatic hydroxyl groups is 1. The molecule has 1 saturated carbocycles. The molecular weight excluding hydrogens is 176 g/mol. The first-order valence-corrected chi connectivity index (χ1v) is 5.84. The summed E-state index contributed by atoms with van der Waals surface area (Å²) in [7, 11) is 2.04. The Morgan fingerprint density at radius 1 is 1.50 bits per heavy atom. The Balaban J connectivity index is 1.69. The molecule has 0 aromatic rings. The van der Waals surface area contributed by atoms with Gasteiger partial charge in [-0.15, -0.1) is 0 Å². The molecule has 0 spiro atoms. The predicted octanol–water partition coefficient (Wildman–Crippen LogP) is 0.585. The normalized spacial score (nSPS) is 31.7. The zero-order chi connectivity index (χ0) is 10.0. The number of hydrogen-bond donors (Lipinski definition) is 2. The molecule has 0 amide bonds. The maximum absolute atomic E-state index is 9.74. The number of likely N-dealkylation sites (N-methyl/N-ethyl adjacent to an activating group) is 1. The minimum absolute atomic E-state index is 0.271. The van der Waals surface area contributed by atoms with Crippen LogP contribution in [0.2, 0.25) is 0 Å². The van der Waals surface area contributed by atoms with E-state index < -0.39 is 0 Å². The molecule has 82 valence electrons. The van der Waals surface area contributed by atoms with Crippen molar-refractivity contribution >= 4 is 0 Å². The van der Waals surface area contributed by atoms with Gasteiger partial charge >= 0.3 is 0 Å². The van der Waals surface area contributed by atoms with Crippen molar-refractivity contribution in [2.45, 2.75) is 43.7 Å². The van der Waals surface area contributed by atoms with Gasteiger partial charge in [0, 0.05) is 19.1 Å². The zero-order valence-corrected chi connectivity index (χ0v) is 9.13. The lowest BCUT2D eigenvalue weighted by atomic mass is 10.1. The fourth-order valence-corrected chi connectivity index (χ4v) is 2.25. The Morgan fingerprint density at radius 2 is 2.29 bits per heavy atom. The van der Waals surface area contributed by atoms with Gasteiger partial charge in [0.1, 0.15) is 0 Å². The molecule has 2 N–H and O–H groups in total. The molecule has 1 unspecified atom stereocenters. The van der Waals surface area contributed by atoms with Crippen molar-refractivity contribution < 1.29 is 5.11 Å². The molecule has 2 aliphatic rings. The van der Waals surface area contributed by atoms with Gasteiger partial charge in [0.05, 0.1) is 5.60 Å². The zero-order valence-electron chi connectivity index (χ0n) is 9.13. The van der Waals surface area contributed by atoms with Crippen molar-refractivity contribution in [1.29, 1.82) is 0 Å². The Bertz CT molecular complexity index is 192. The Labute approximate surface area is 86.5 Å². The van der Waals surface area contributed by atoms with Gasteiger partial charge in [0.2, 0.25) is 0 Å². The van der Waals surface area contributed by atoms with Gasteiger partial charge in [-0.25, -0.2) is 0 Å². The first-order valence-electron chi connectivity index (χ1n) is 5.84. The molecule has 1 atom stereocenters. The summed E-state index contributed by atoms with van der Waals surface area (Å²) >= 11 is 0. The molecule has 1 aliphatic heterocycles. The quantitative estimate of drug-likeness (QED) is 0.694. The van der Waals surface area contributed by atoms with Gasteiger partial charge in [-0.3, -0.25) is 0 Å². The predicted molar refractivity (Wildman–Crippen MR) is 57.3 cm³/mol. The van der Waals surface area contributed by atoms with E-state index in [1.54, 1.807) is 0 Å². The second-order valence-corrected chi connectivity index (χ2v) is 4.90. The molecule has 0 bridgehead atoms. The topological polar surface area (TPSA) is 35.5 Å². The van der Waals surface area contributed by atoms with Crippen LogP contribution in [0.15, 0.2) is 0 Å². The SMILES string of the molecule is CNC1CCCN(CCC2(O)CC2)C1. The standard InChI is InChI=1S/C11H22N2O/c1-12-10-3-2-7-13(9-10)8-6-11(14)4-5-11/h10,12,14H,2-9H2,1H3. The summed E-state index contributed by atoms with van der Waals surface area (Å²) in [6.07, 6.45) is 5.62. The molecule has 2 rings (SSSR count). The highest BCUT2D eigenvalue weighted by Crippen LogP contribution is 2.38. The summed E-state index contributed by atoms with van der Waals surface area (Å²) < 4.78 is 0. The molecule has 1 heterocycles. The van der Waals surface area contributed by atoms with E-state index in [1.807, 2.05) is 7.05 Å². The number of likely N-dealkylation sites (tertiary alicyclic amines) is 1. The van der Waals surface area contributed by atoms with Crippen LogP contribution in [0, 0.1) is 0 Å². The van der Waals surface area contributed by atoms with Gasteiger partial charge in [-0.05, 0) is 45.7 Å². The highest BCUT2D eigenvalue weighted by molar-refractivity contribution is 4.94.